The molecule has 1 aromatic rings. The lowest BCUT2D eigenvalue weighted by Gasteiger charge is -2.25. The van der Waals surface area contributed by atoms with Gasteiger partial charge in [0.15, 0.2) is 0 Å². The molecule has 1 aliphatic heterocycles. The number of hydrogen-bond acceptors (Lipinski definition) is 2. The third-order valence-corrected chi connectivity index (χ3v) is 3.46. The van der Waals surface area contributed by atoms with Gasteiger partial charge in [-0.1, -0.05) is 18.2 Å². The molecule has 2 N–H and O–H groups in total. The lowest BCUT2D eigenvalue weighted by Crippen LogP contribution is -2.38. The first-order chi connectivity index (χ1) is 8.38. The SMILES string of the molecule is CC1Cc2ccccc2N1C(=O)CCC(C)(C)N. The number of rotatable bonds is 3. The van der Waals surface area contributed by atoms with E-state index in [1.165, 1.54) is 5.56 Å². The molecule has 1 aliphatic rings. The second kappa shape index (κ2) is 4.73. The fraction of sp³-hybridized carbons (Fsp3) is 0.533. The number of hydrogen-bond donors (Lipinski definition) is 1. The molecule has 18 heavy (non-hydrogen) atoms. The Morgan fingerprint density at radius 3 is 2.78 bits per heavy atom. The number of carbonyl (C=O) groups excluding carboxylic acids is 1. The normalized spacial score (nSPS) is 18.9. The summed E-state index contributed by atoms with van der Waals surface area (Å²) < 4.78 is 0. The van der Waals surface area contributed by atoms with Crippen LogP contribution in [-0.2, 0) is 11.2 Å². The number of benzene rings is 1. The van der Waals surface area contributed by atoms with Gasteiger partial charge in [0.2, 0.25) is 5.91 Å². The summed E-state index contributed by atoms with van der Waals surface area (Å²) in [5.74, 6) is 0.186. The van der Waals surface area contributed by atoms with Crippen molar-refractivity contribution in [2.75, 3.05) is 4.90 Å². The van der Waals surface area contributed by atoms with E-state index in [0.29, 0.717) is 6.42 Å². The molecule has 1 atom stereocenters. The summed E-state index contributed by atoms with van der Waals surface area (Å²) >= 11 is 0. The molecule has 1 heterocycles. The molecule has 0 aliphatic carbocycles. The van der Waals surface area contributed by atoms with Crippen molar-refractivity contribution in [1.82, 2.24) is 0 Å². The van der Waals surface area contributed by atoms with Gasteiger partial charge < -0.3 is 10.6 Å². The minimum atomic E-state index is -0.280. The Balaban J connectivity index is 2.11. The van der Waals surface area contributed by atoms with E-state index in [2.05, 4.69) is 13.0 Å². The van der Waals surface area contributed by atoms with Crippen LogP contribution in [0.4, 0.5) is 5.69 Å². The van der Waals surface area contributed by atoms with E-state index in [9.17, 15) is 4.79 Å². The molecular formula is C15H22N2O. The van der Waals surface area contributed by atoms with Crippen molar-refractivity contribution in [1.29, 1.82) is 0 Å². The summed E-state index contributed by atoms with van der Waals surface area (Å²) in [6.07, 6.45) is 2.19. The van der Waals surface area contributed by atoms with Crippen LogP contribution < -0.4 is 10.6 Å². The zero-order valence-corrected chi connectivity index (χ0v) is 11.4. The Bertz CT molecular complexity index is 448. The zero-order chi connectivity index (χ0) is 13.3. The van der Waals surface area contributed by atoms with Crippen LogP contribution in [0.1, 0.15) is 39.2 Å². The predicted molar refractivity (Wildman–Crippen MR) is 74.6 cm³/mol. The maximum absolute atomic E-state index is 12.3. The number of para-hydroxylation sites is 1. The van der Waals surface area contributed by atoms with Gasteiger partial charge in [-0.25, -0.2) is 0 Å². The summed E-state index contributed by atoms with van der Waals surface area (Å²) in [6.45, 7) is 6.02. The van der Waals surface area contributed by atoms with Gasteiger partial charge >= 0.3 is 0 Å². The fourth-order valence-corrected chi connectivity index (χ4v) is 2.50. The third kappa shape index (κ3) is 2.72. The van der Waals surface area contributed by atoms with E-state index in [-0.39, 0.29) is 17.5 Å². The summed E-state index contributed by atoms with van der Waals surface area (Å²) in [5.41, 5.74) is 8.00. The van der Waals surface area contributed by atoms with Crippen LogP contribution in [0.5, 0.6) is 0 Å². The lowest BCUT2D eigenvalue weighted by molar-refractivity contribution is -0.119. The van der Waals surface area contributed by atoms with Crippen LogP contribution in [0.2, 0.25) is 0 Å². The molecule has 1 amide bonds. The maximum atomic E-state index is 12.3. The number of anilines is 1. The second-order valence-electron chi connectivity index (χ2n) is 5.93. The molecule has 98 valence electrons. The largest absolute Gasteiger partial charge is 0.326 e. The first kappa shape index (κ1) is 13.1. The van der Waals surface area contributed by atoms with Gasteiger partial charge in [-0.3, -0.25) is 4.79 Å². The van der Waals surface area contributed by atoms with E-state index in [0.717, 1.165) is 18.5 Å². The Kier molecular flexibility index (Phi) is 3.44. The molecule has 0 fully saturated rings. The van der Waals surface area contributed by atoms with E-state index in [4.69, 9.17) is 5.73 Å². The number of nitrogens with two attached hydrogens (primary N) is 1. The Hall–Kier alpha value is -1.35. The lowest BCUT2D eigenvalue weighted by atomic mass is 9.99. The maximum Gasteiger partial charge on any atom is 0.227 e. The van der Waals surface area contributed by atoms with Crippen molar-refractivity contribution in [2.24, 2.45) is 5.73 Å². The van der Waals surface area contributed by atoms with Crippen molar-refractivity contribution >= 4 is 11.6 Å². The average molecular weight is 246 g/mol. The molecule has 0 saturated heterocycles. The van der Waals surface area contributed by atoms with Gasteiger partial charge in [0.05, 0.1) is 0 Å². The van der Waals surface area contributed by atoms with Crippen LogP contribution in [0, 0.1) is 0 Å². The van der Waals surface area contributed by atoms with E-state index >= 15 is 0 Å². The Morgan fingerprint density at radius 2 is 2.11 bits per heavy atom. The molecule has 1 aromatic carbocycles. The highest BCUT2D eigenvalue weighted by molar-refractivity contribution is 5.96. The van der Waals surface area contributed by atoms with Crippen LogP contribution in [0.15, 0.2) is 24.3 Å². The molecule has 3 heteroatoms. The van der Waals surface area contributed by atoms with Gasteiger partial charge in [-0.2, -0.15) is 0 Å². The fourth-order valence-electron chi connectivity index (χ4n) is 2.50. The first-order valence-electron chi connectivity index (χ1n) is 6.57. The van der Waals surface area contributed by atoms with Crippen LogP contribution in [0.25, 0.3) is 0 Å². The molecule has 0 saturated carbocycles. The highest BCUT2D eigenvalue weighted by atomic mass is 16.2. The monoisotopic (exact) mass is 246 g/mol. The number of fused-ring (bicyclic) bond motifs is 1. The predicted octanol–water partition coefficient (Wildman–Crippen LogP) is 2.48. The number of carbonyl (C=O) groups is 1. The number of nitrogens with zero attached hydrogens (tertiary/aromatic N) is 1. The van der Waals surface area contributed by atoms with E-state index < -0.39 is 0 Å². The van der Waals surface area contributed by atoms with Crippen molar-refractivity contribution < 1.29 is 4.79 Å². The topological polar surface area (TPSA) is 46.3 Å². The molecular weight excluding hydrogens is 224 g/mol. The van der Waals surface area contributed by atoms with Gasteiger partial charge in [0.1, 0.15) is 0 Å². The number of amides is 1. The van der Waals surface area contributed by atoms with Crippen molar-refractivity contribution in [2.45, 2.75) is 51.6 Å². The quantitative estimate of drug-likeness (QED) is 0.890. The van der Waals surface area contributed by atoms with Crippen molar-refractivity contribution in [3.8, 4) is 0 Å². The molecule has 0 aromatic heterocycles. The van der Waals surface area contributed by atoms with Gasteiger partial charge in [0.25, 0.3) is 0 Å². The molecule has 0 radical (unpaired) electrons. The third-order valence-electron chi connectivity index (χ3n) is 3.46. The van der Waals surface area contributed by atoms with E-state index in [1.54, 1.807) is 0 Å². The summed E-state index contributed by atoms with van der Waals surface area (Å²) in [4.78, 5) is 14.3. The van der Waals surface area contributed by atoms with Crippen molar-refractivity contribution in [3.05, 3.63) is 29.8 Å². The molecule has 3 nitrogen and oxygen atoms in total. The first-order valence-corrected chi connectivity index (χ1v) is 6.57. The summed E-state index contributed by atoms with van der Waals surface area (Å²) in [5, 5.41) is 0. The standard InChI is InChI=1S/C15H22N2O/c1-11-10-12-6-4-5-7-13(12)17(11)14(18)8-9-15(2,3)16/h4-7,11H,8-10,16H2,1-3H3. The highest BCUT2D eigenvalue weighted by Crippen LogP contribution is 2.32. The van der Waals surface area contributed by atoms with Crippen LogP contribution in [-0.4, -0.2) is 17.5 Å². The minimum Gasteiger partial charge on any atom is -0.326 e. The Labute approximate surface area is 109 Å². The van der Waals surface area contributed by atoms with Gasteiger partial charge in [0, 0.05) is 23.7 Å². The second-order valence-corrected chi connectivity index (χ2v) is 5.93. The summed E-state index contributed by atoms with van der Waals surface area (Å²) in [6, 6.07) is 8.42. The average Bonchev–Trinajstić information content (AvgIpc) is 2.61. The van der Waals surface area contributed by atoms with E-state index in [1.807, 2.05) is 36.9 Å². The van der Waals surface area contributed by atoms with Crippen LogP contribution in [0.3, 0.4) is 0 Å². The molecule has 2 rings (SSSR count). The summed E-state index contributed by atoms with van der Waals surface area (Å²) in [7, 11) is 0. The molecule has 1 unspecified atom stereocenters. The van der Waals surface area contributed by atoms with Crippen LogP contribution >= 0.6 is 0 Å². The van der Waals surface area contributed by atoms with Gasteiger partial charge in [-0.15, -0.1) is 0 Å². The minimum absolute atomic E-state index is 0.186. The zero-order valence-electron chi connectivity index (χ0n) is 11.4. The smallest absolute Gasteiger partial charge is 0.227 e. The van der Waals surface area contributed by atoms with Crippen molar-refractivity contribution in [3.63, 3.8) is 0 Å². The molecule has 0 bridgehead atoms. The highest BCUT2D eigenvalue weighted by Gasteiger charge is 2.30. The molecule has 0 spiro atoms. The Morgan fingerprint density at radius 1 is 1.44 bits per heavy atom. The van der Waals surface area contributed by atoms with Gasteiger partial charge in [-0.05, 0) is 45.2 Å².